The van der Waals surface area contributed by atoms with Gasteiger partial charge in [0.15, 0.2) is 0 Å². The standard InChI is InChI=1S/C14H24N4O2/c1-3-11-12(15-4-2)16-10-17-13(11)18-14(9-19)5-7-20-8-6-14/h10,19H,3-9H2,1-2H3,(H2,15,16,17,18). The Labute approximate surface area is 120 Å². The van der Waals surface area contributed by atoms with Gasteiger partial charge in [0.1, 0.15) is 18.0 Å². The Kier molecular flexibility index (Phi) is 5.14. The summed E-state index contributed by atoms with van der Waals surface area (Å²) >= 11 is 0. The van der Waals surface area contributed by atoms with Gasteiger partial charge in [-0.25, -0.2) is 9.97 Å². The van der Waals surface area contributed by atoms with Gasteiger partial charge in [-0.3, -0.25) is 0 Å². The molecular formula is C14H24N4O2. The van der Waals surface area contributed by atoms with Crippen LogP contribution in [0.1, 0.15) is 32.3 Å². The van der Waals surface area contributed by atoms with Crippen LogP contribution in [-0.2, 0) is 11.2 Å². The highest BCUT2D eigenvalue weighted by molar-refractivity contribution is 5.58. The van der Waals surface area contributed by atoms with E-state index in [2.05, 4.69) is 27.5 Å². The Hall–Kier alpha value is -1.40. The van der Waals surface area contributed by atoms with Crippen molar-refractivity contribution in [2.24, 2.45) is 0 Å². The molecule has 0 unspecified atom stereocenters. The summed E-state index contributed by atoms with van der Waals surface area (Å²) in [5.41, 5.74) is 0.730. The number of rotatable bonds is 6. The van der Waals surface area contributed by atoms with Crippen molar-refractivity contribution >= 4 is 11.6 Å². The number of nitrogens with zero attached hydrogens (tertiary/aromatic N) is 2. The van der Waals surface area contributed by atoms with E-state index in [1.54, 1.807) is 6.33 Å². The minimum absolute atomic E-state index is 0.0834. The van der Waals surface area contributed by atoms with E-state index >= 15 is 0 Å². The van der Waals surface area contributed by atoms with Crippen molar-refractivity contribution < 1.29 is 9.84 Å². The molecule has 2 heterocycles. The van der Waals surface area contributed by atoms with Crippen LogP contribution >= 0.6 is 0 Å². The van der Waals surface area contributed by atoms with Crippen molar-refractivity contribution in [3.8, 4) is 0 Å². The van der Waals surface area contributed by atoms with Crippen molar-refractivity contribution in [1.29, 1.82) is 0 Å². The number of ether oxygens (including phenoxy) is 1. The molecule has 1 saturated heterocycles. The molecule has 0 radical (unpaired) electrons. The fourth-order valence-electron chi connectivity index (χ4n) is 2.51. The summed E-state index contributed by atoms with van der Waals surface area (Å²) in [7, 11) is 0. The number of aliphatic hydroxyl groups is 1. The minimum atomic E-state index is -0.333. The zero-order valence-corrected chi connectivity index (χ0v) is 12.3. The van der Waals surface area contributed by atoms with Crippen LogP contribution in [0, 0.1) is 0 Å². The lowest BCUT2D eigenvalue weighted by Gasteiger charge is -2.37. The van der Waals surface area contributed by atoms with E-state index in [4.69, 9.17) is 4.74 Å². The molecule has 3 N–H and O–H groups in total. The lowest BCUT2D eigenvalue weighted by molar-refractivity contribution is 0.0378. The van der Waals surface area contributed by atoms with Crippen LogP contribution in [0.2, 0.25) is 0 Å². The monoisotopic (exact) mass is 280 g/mol. The van der Waals surface area contributed by atoms with Crippen LogP contribution in [0.25, 0.3) is 0 Å². The van der Waals surface area contributed by atoms with Crippen molar-refractivity contribution in [2.75, 3.05) is 37.0 Å². The van der Waals surface area contributed by atoms with Crippen molar-refractivity contribution in [1.82, 2.24) is 9.97 Å². The third-order valence-electron chi connectivity index (χ3n) is 3.78. The Morgan fingerprint density at radius 2 is 1.95 bits per heavy atom. The van der Waals surface area contributed by atoms with Crippen LogP contribution < -0.4 is 10.6 Å². The Bertz CT molecular complexity index is 433. The first-order valence-corrected chi connectivity index (χ1v) is 7.29. The van der Waals surface area contributed by atoms with Gasteiger partial charge in [0, 0.05) is 25.3 Å². The van der Waals surface area contributed by atoms with Crippen molar-refractivity contribution in [3.05, 3.63) is 11.9 Å². The highest BCUT2D eigenvalue weighted by Gasteiger charge is 2.33. The van der Waals surface area contributed by atoms with Gasteiger partial charge < -0.3 is 20.5 Å². The van der Waals surface area contributed by atoms with Gasteiger partial charge in [-0.05, 0) is 26.2 Å². The number of aromatic nitrogens is 2. The topological polar surface area (TPSA) is 79.3 Å². The molecule has 1 aromatic heterocycles. The predicted molar refractivity (Wildman–Crippen MR) is 79.1 cm³/mol. The van der Waals surface area contributed by atoms with E-state index in [0.29, 0.717) is 13.2 Å². The summed E-state index contributed by atoms with van der Waals surface area (Å²) in [6, 6.07) is 0. The molecule has 6 nitrogen and oxygen atoms in total. The van der Waals surface area contributed by atoms with Crippen LogP contribution in [-0.4, -0.2) is 47.0 Å². The smallest absolute Gasteiger partial charge is 0.135 e. The molecule has 0 amide bonds. The van der Waals surface area contributed by atoms with Gasteiger partial charge in [-0.15, -0.1) is 0 Å². The quantitative estimate of drug-likeness (QED) is 0.731. The second kappa shape index (κ2) is 6.85. The largest absolute Gasteiger partial charge is 0.394 e. The highest BCUT2D eigenvalue weighted by Crippen LogP contribution is 2.28. The first-order valence-electron chi connectivity index (χ1n) is 7.29. The normalized spacial score (nSPS) is 17.8. The van der Waals surface area contributed by atoms with Crippen LogP contribution in [0.3, 0.4) is 0 Å². The first-order chi connectivity index (χ1) is 9.74. The number of aliphatic hydroxyl groups excluding tert-OH is 1. The molecule has 2 rings (SSSR count). The van der Waals surface area contributed by atoms with Crippen LogP contribution in [0.5, 0.6) is 0 Å². The zero-order chi connectivity index (χ0) is 14.4. The fourth-order valence-corrected chi connectivity index (χ4v) is 2.51. The summed E-state index contributed by atoms with van der Waals surface area (Å²) in [5, 5.41) is 16.5. The maximum Gasteiger partial charge on any atom is 0.135 e. The second-order valence-corrected chi connectivity index (χ2v) is 5.11. The van der Waals surface area contributed by atoms with Crippen LogP contribution in [0.4, 0.5) is 11.6 Å². The van der Waals surface area contributed by atoms with E-state index in [1.165, 1.54) is 0 Å². The molecular weight excluding hydrogens is 256 g/mol. The molecule has 0 aliphatic carbocycles. The molecule has 6 heteroatoms. The number of anilines is 2. The Morgan fingerprint density at radius 1 is 1.25 bits per heavy atom. The van der Waals surface area contributed by atoms with Gasteiger partial charge in [0.25, 0.3) is 0 Å². The van der Waals surface area contributed by atoms with Crippen molar-refractivity contribution in [3.63, 3.8) is 0 Å². The van der Waals surface area contributed by atoms with Gasteiger partial charge in [0.05, 0.1) is 12.1 Å². The van der Waals surface area contributed by atoms with E-state index < -0.39 is 0 Å². The molecule has 0 spiro atoms. The number of hydrogen-bond donors (Lipinski definition) is 3. The minimum Gasteiger partial charge on any atom is -0.394 e. The van der Waals surface area contributed by atoms with E-state index in [-0.39, 0.29) is 12.1 Å². The maximum absolute atomic E-state index is 9.76. The summed E-state index contributed by atoms with van der Waals surface area (Å²) in [6.07, 6.45) is 3.97. The van der Waals surface area contributed by atoms with E-state index in [0.717, 1.165) is 43.0 Å². The lowest BCUT2D eigenvalue weighted by Crippen LogP contribution is -2.47. The summed E-state index contributed by atoms with van der Waals surface area (Å²) < 4.78 is 5.39. The summed E-state index contributed by atoms with van der Waals surface area (Å²) in [5.74, 6) is 1.68. The molecule has 20 heavy (non-hydrogen) atoms. The number of hydrogen-bond acceptors (Lipinski definition) is 6. The van der Waals surface area contributed by atoms with Crippen molar-refractivity contribution in [2.45, 2.75) is 38.6 Å². The molecule has 0 atom stereocenters. The third kappa shape index (κ3) is 3.19. The van der Waals surface area contributed by atoms with Gasteiger partial charge in [-0.1, -0.05) is 6.92 Å². The Balaban J connectivity index is 2.25. The molecule has 0 aromatic carbocycles. The molecule has 1 aliphatic heterocycles. The average molecular weight is 280 g/mol. The molecule has 0 bridgehead atoms. The van der Waals surface area contributed by atoms with E-state index in [9.17, 15) is 5.11 Å². The molecule has 1 aliphatic rings. The third-order valence-corrected chi connectivity index (χ3v) is 3.78. The zero-order valence-electron chi connectivity index (χ0n) is 12.3. The average Bonchev–Trinajstić information content (AvgIpc) is 2.49. The second-order valence-electron chi connectivity index (χ2n) is 5.11. The van der Waals surface area contributed by atoms with Gasteiger partial charge in [-0.2, -0.15) is 0 Å². The Morgan fingerprint density at radius 3 is 2.55 bits per heavy atom. The molecule has 0 saturated carbocycles. The van der Waals surface area contributed by atoms with E-state index in [1.807, 2.05) is 6.92 Å². The summed E-state index contributed by atoms with van der Waals surface area (Å²) in [4.78, 5) is 8.66. The highest BCUT2D eigenvalue weighted by atomic mass is 16.5. The van der Waals surface area contributed by atoms with Crippen LogP contribution in [0.15, 0.2) is 6.33 Å². The molecule has 1 fully saturated rings. The fraction of sp³-hybridized carbons (Fsp3) is 0.714. The lowest BCUT2D eigenvalue weighted by atomic mass is 9.90. The molecule has 1 aromatic rings. The summed E-state index contributed by atoms with van der Waals surface area (Å²) in [6.45, 7) is 6.37. The SMILES string of the molecule is CCNc1ncnc(NC2(CO)CCOCC2)c1CC. The first kappa shape index (κ1) is 15.0. The number of nitrogens with one attached hydrogen (secondary N) is 2. The maximum atomic E-state index is 9.76. The molecule has 112 valence electrons. The predicted octanol–water partition coefficient (Wildman–Crippen LogP) is 1.42. The van der Waals surface area contributed by atoms with Gasteiger partial charge >= 0.3 is 0 Å². The van der Waals surface area contributed by atoms with Gasteiger partial charge in [0.2, 0.25) is 0 Å².